The Kier molecular flexibility index (Phi) is 5.18. The van der Waals surface area contributed by atoms with Crippen molar-refractivity contribution in [1.29, 1.82) is 0 Å². The molecule has 4 nitrogen and oxygen atoms in total. The van der Waals surface area contributed by atoms with Crippen LogP contribution in [0.3, 0.4) is 0 Å². The Labute approximate surface area is 121 Å². The van der Waals surface area contributed by atoms with Crippen molar-refractivity contribution in [2.45, 2.75) is 25.1 Å². The second kappa shape index (κ2) is 6.70. The lowest BCUT2D eigenvalue weighted by Gasteiger charge is -2.21. The van der Waals surface area contributed by atoms with Gasteiger partial charge in [-0.15, -0.1) is 0 Å². The highest BCUT2D eigenvalue weighted by molar-refractivity contribution is 7.90. The van der Waals surface area contributed by atoms with Crippen molar-refractivity contribution in [3.05, 3.63) is 35.4 Å². The van der Waals surface area contributed by atoms with Gasteiger partial charge in [0.05, 0.1) is 18.1 Å². The average molecular weight is 297 g/mol. The predicted molar refractivity (Wildman–Crippen MR) is 80.4 cm³/mol. The van der Waals surface area contributed by atoms with Crippen molar-refractivity contribution in [2.24, 2.45) is 5.92 Å². The molecular weight excluding hydrogens is 274 g/mol. The number of hydrogen-bond acceptors (Lipinski definition) is 4. The van der Waals surface area contributed by atoms with E-state index in [1.807, 2.05) is 38.2 Å². The van der Waals surface area contributed by atoms with E-state index in [-0.39, 0.29) is 17.5 Å². The zero-order chi connectivity index (χ0) is 14.6. The molecule has 0 radical (unpaired) electrons. The summed E-state index contributed by atoms with van der Waals surface area (Å²) in [5.74, 6) is 0.582. The summed E-state index contributed by atoms with van der Waals surface area (Å²) in [6, 6.07) is 7.66. The Morgan fingerprint density at radius 2 is 2.25 bits per heavy atom. The van der Waals surface area contributed by atoms with Gasteiger partial charge >= 0.3 is 0 Å². The minimum atomic E-state index is -3.12. The van der Waals surface area contributed by atoms with E-state index in [9.17, 15) is 8.42 Å². The molecule has 1 heterocycles. The first-order chi connectivity index (χ1) is 9.50. The van der Waals surface area contributed by atoms with Crippen LogP contribution in [0.25, 0.3) is 0 Å². The molecule has 1 aromatic rings. The number of benzene rings is 1. The highest BCUT2D eigenvalue weighted by Crippen LogP contribution is 2.19. The lowest BCUT2D eigenvalue weighted by molar-refractivity contribution is 0.179. The minimum absolute atomic E-state index is 0.0210. The summed E-state index contributed by atoms with van der Waals surface area (Å²) in [6.07, 6.45) is 0.936. The first-order valence-electron chi connectivity index (χ1n) is 7.01. The molecule has 5 heteroatoms. The van der Waals surface area contributed by atoms with Crippen molar-refractivity contribution < 1.29 is 13.2 Å². The van der Waals surface area contributed by atoms with Gasteiger partial charge in [0.2, 0.25) is 0 Å². The number of aryl methyl sites for hydroxylation is 1. The summed E-state index contributed by atoms with van der Waals surface area (Å²) in [7, 11) is -1.29. The SMILES string of the molecule is CNC(CS(=O)(=O)Cc1cccc(C)c1)C1CCOC1. The molecule has 112 valence electrons. The minimum Gasteiger partial charge on any atom is -0.381 e. The van der Waals surface area contributed by atoms with Gasteiger partial charge in [0.15, 0.2) is 9.84 Å². The van der Waals surface area contributed by atoms with E-state index < -0.39 is 9.84 Å². The Morgan fingerprint density at radius 1 is 1.45 bits per heavy atom. The maximum atomic E-state index is 12.4. The van der Waals surface area contributed by atoms with Crippen molar-refractivity contribution >= 4 is 9.84 Å². The third-order valence-corrected chi connectivity index (χ3v) is 5.45. The first-order valence-corrected chi connectivity index (χ1v) is 8.83. The molecule has 2 unspecified atom stereocenters. The highest BCUT2D eigenvalue weighted by Gasteiger charge is 2.28. The normalized spacial score (nSPS) is 21.0. The van der Waals surface area contributed by atoms with Gasteiger partial charge in [-0.2, -0.15) is 0 Å². The summed E-state index contributed by atoms with van der Waals surface area (Å²) in [5, 5.41) is 3.14. The summed E-state index contributed by atoms with van der Waals surface area (Å²) in [5.41, 5.74) is 1.95. The molecule has 2 atom stereocenters. The van der Waals surface area contributed by atoms with E-state index in [0.29, 0.717) is 12.5 Å². The van der Waals surface area contributed by atoms with E-state index >= 15 is 0 Å². The maximum Gasteiger partial charge on any atom is 0.155 e. The Bertz CT molecular complexity index is 536. The fourth-order valence-corrected chi connectivity index (χ4v) is 4.50. The second-order valence-electron chi connectivity index (χ2n) is 5.56. The van der Waals surface area contributed by atoms with Crippen molar-refractivity contribution in [3.63, 3.8) is 0 Å². The van der Waals surface area contributed by atoms with E-state index in [2.05, 4.69) is 5.32 Å². The molecule has 20 heavy (non-hydrogen) atoms. The van der Waals surface area contributed by atoms with Crippen LogP contribution < -0.4 is 5.32 Å². The largest absolute Gasteiger partial charge is 0.381 e. The van der Waals surface area contributed by atoms with Gasteiger partial charge in [0, 0.05) is 18.6 Å². The molecule has 2 rings (SSSR count). The topological polar surface area (TPSA) is 55.4 Å². The van der Waals surface area contributed by atoms with Crippen molar-refractivity contribution in [1.82, 2.24) is 5.32 Å². The van der Waals surface area contributed by atoms with E-state index in [0.717, 1.165) is 24.2 Å². The molecule has 0 bridgehead atoms. The van der Waals surface area contributed by atoms with Crippen molar-refractivity contribution in [3.8, 4) is 0 Å². The molecule has 1 aliphatic heterocycles. The predicted octanol–water partition coefficient (Wildman–Crippen LogP) is 1.53. The van der Waals surface area contributed by atoms with Crippen LogP contribution in [0.15, 0.2) is 24.3 Å². The Balaban J connectivity index is 2.02. The summed E-state index contributed by atoms with van der Waals surface area (Å²) >= 11 is 0. The third-order valence-electron chi connectivity index (χ3n) is 3.81. The number of nitrogens with one attached hydrogen (secondary N) is 1. The number of rotatable bonds is 6. The van der Waals surface area contributed by atoms with Crippen molar-refractivity contribution in [2.75, 3.05) is 26.0 Å². The fraction of sp³-hybridized carbons (Fsp3) is 0.600. The molecule has 0 spiro atoms. The van der Waals surface area contributed by atoms with Crippen LogP contribution >= 0.6 is 0 Å². The molecule has 1 saturated heterocycles. The average Bonchev–Trinajstić information content (AvgIpc) is 2.89. The molecule has 1 fully saturated rings. The zero-order valence-electron chi connectivity index (χ0n) is 12.1. The standard InChI is InChI=1S/C15H23NO3S/c1-12-4-3-5-13(8-12)10-20(17,18)11-15(16-2)14-6-7-19-9-14/h3-5,8,14-16H,6-7,9-11H2,1-2H3. The van der Waals surface area contributed by atoms with Gasteiger partial charge in [-0.1, -0.05) is 29.8 Å². The van der Waals surface area contributed by atoms with Crippen LogP contribution in [-0.2, 0) is 20.3 Å². The molecule has 1 N–H and O–H groups in total. The van der Waals surface area contributed by atoms with Gasteiger partial charge in [0.25, 0.3) is 0 Å². The first kappa shape index (κ1) is 15.5. The smallest absolute Gasteiger partial charge is 0.155 e. The van der Waals surface area contributed by atoms with Gasteiger partial charge in [-0.25, -0.2) is 8.42 Å². The quantitative estimate of drug-likeness (QED) is 0.865. The lowest BCUT2D eigenvalue weighted by atomic mass is 10.0. The molecule has 0 saturated carbocycles. The number of hydrogen-bond donors (Lipinski definition) is 1. The van der Waals surface area contributed by atoms with E-state index in [1.165, 1.54) is 0 Å². The molecule has 0 amide bonds. The summed E-state index contributed by atoms with van der Waals surface area (Å²) in [6.45, 7) is 3.37. The van der Waals surface area contributed by atoms with Gasteiger partial charge in [0.1, 0.15) is 0 Å². The van der Waals surface area contributed by atoms with Gasteiger partial charge in [-0.05, 0) is 26.0 Å². The lowest BCUT2D eigenvalue weighted by Crippen LogP contribution is -2.40. The van der Waals surface area contributed by atoms with Crippen LogP contribution in [0.1, 0.15) is 17.5 Å². The maximum absolute atomic E-state index is 12.4. The van der Waals surface area contributed by atoms with Gasteiger partial charge in [-0.3, -0.25) is 0 Å². The summed E-state index contributed by atoms with van der Waals surface area (Å²) in [4.78, 5) is 0. The Morgan fingerprint density at radius 3 is 2.85 bits per heavy atom. The molecule has 1 aliphatic rings. The number of ether oxygens (including phenoxy) is 1. The van der Waals surface area contributed by atoms with Crippen LogP contribution in [0, 0.1) is 12.8 Å². The van der Waals surface area contributed by atoms with Crippen LogP contribution in [-0.4, -0.2) is 40.5 Å². The summed E-state index contributed by atoms with van der Waals surface area (Å²) < 4.78 is 30.1. The Hall–Kier alpha value is -0.910. The van der Waals surface area contributed by atoms with Crippen LogP contribution in [0.2, 0.25) is 0 Å². The molecule has 0 aliphatic carbocycles. The fourth-order valence-electron chi connectivity index (χ4n) is 2.71. The molecule has 0 aromatic heterocycles. The highest BCUT2D eigenvalue weighted by atomic mass is 32.2. The van der Waals surface area contributed by atoms with E-state index in [4.69, 9.17) is 4.74 Å². The van der Waals surface area contributed by atoms with Gasteiger partial charge < -0.3 is 10.1 Å². The molecular formula is C15H23NO3S. The monoisotopic (exact) mass is 297 g/mol. The third kappa shape index (κ3) is 4.30. The van der Waals surface area contributed by atoms with Crippen LogP contribution in [0.5, 0.6) is 0 Å². The number of sulfone groups is 1. The van der Waals surface area contributed by atoms with Crippen LogP contribution in [0.4, 0.5) is 0 Å². The zero-order valence-corrected chi connectivity index (χ0v) is 12.9. The second-order valence-corrected chi connectivity index (χ2v) is 7.67. The molecule has 1 aromatic carbocycles. The van der Waals surface area contributed by atoms with E-state index in [1.54, 1.807) is 0 Å².